The minimum Gasteiger partial charge on any atom is -0.508 e. The van der Waals surface area contributed by atoms with Gasteiger partial charge in [-0.2, -0.15) is 0 Å². The summed E-state index contributed by atoms with van der Waals surface area (Å²) in [5.41, 5.74) is 3.74. The minimum absolute atomic E-state index is 0.272. The zero-order valence-electron chi connectivity index (χ0n) is 11.7. The highest BCUT2D eigenvalue weighted by molar-refractivity contribution is 5.37. The molecule has 0 aliphatic rings. The molecule has 1 aromatic heterocycles. The van der Waals surface area contributed by atoms with Crippen molar-refractivity contribution in [2.24, 2.45) is 0 Å². The molecule has 21 heavy (non-hydrogen) atoms. The van der Waals surface area contributed by atoms with Gasteiger partial charge in [0.15, 0.2) is 0 Å². The highest BCUT2D eigenvalue weighted by Crippen LogP contribution is 2.29. The average molecular weight is 275 g/mol. The number of benzene rings is 2. The summed E-state index contributed by atoms with van der Waals surface area (Å²) in [6.07, 6.45) is 4.57. The Morgan fingerprint density at radius 1 is 0.762 bits per heavy atom. The molecule has 0 spiro atoms. The van der Waals surface area contributed by atoms with Gasteiger partial charge in [0.2, 0.25) is 0 Å². The molecular weight excluding hydrogens is 258 g/mol. The van der Waals surface area contributed by atoms with E-state index in [4.69, 9.17) is 0 Å². The van der Waals surface area contributed by atoms with Crippen LogP contribution in [0.15, 0.2) is 79.1 Å². The Morgan fingerprint density at radius 2 is 1.38 bits per heavy atom. The van der Waals surface area contributed by atoms with Crippen molar-refractivity contribution < 1.29 is 5.11 Å². The lowest BCUT2D eigenvalue weighted by molar-refractivity contribution is 0.475. The van der Waals surface area contributed by atoms with Gasteiger partial charge in [0.25, 0.3) is 0 Å². The molecule has 104 valence electrons. The fourth-order valence-electron chi connectivity index (χ4n) is 2.57. The van der Waals surface area contributed by atoms with E-state index in [2.05, 4.69) is 41.4 Å². The fourth-order valence-corrected chi connectivity index (χ4v) is 2.57. The monoisotopic (exact) mass is 275 g/mol. The molecule has 1 N–H and O–H groups in total. The lowest BCUT2D eigenvalue weighted by atomic mass is 9.86. The van der Waals surface area contributed by atoms with E-state index in [-0.39, 0.29) is 5.92 Å². The van der Waals surface area contributed by atoms with Crippen LogP contribution in [-0.2, 0) is 6.42 Å². The summed E-state index contributed by atoms with van der Waals surface area (Å²) < 4.78 is 0. The van der Waals surface area contributed by atoms with E-state index in [1.165, 1.54) is 16.7 Å². The molecule has 0 fully saturated rings. The lowest BCUT2D eigenvalue weighted by Gasteiger charge is -2.18. The van der Waals surface area contributed by atoms with Crippen LogP contribution in [-0.4, -0.2) is 10.1 Å². The Labute approximate surface area is 124 Å². The second kappa shape index (κ2) is 6.23. The molecule has 2 nitrogen and oxygen atoms in total. The summed E-state index contributed by atoms with van der Waals surface area (Å²) in [6.45, 7) is 0. The largest absolute Gasteiger partial charge is 0.508 e. The number of hydrogen-bond acceptors (Lipinski definition) is 2. The van der Waals surface area contributed by atoms with E-state index >= 15 is 0 Å². The van der Waals surface area contributed by atoms with E-state index in [0.717, 1.165) is 6.42 Å². The summed E-state index contributed by atoms with van der Waals surface area (Å²) in [5, 5.41) is 9.49. The van der Waals surface area contributed by atoms with E-state index in [1.54, 1.807) is 12.1 Å². The molecule has 0 bridgehead atoms. The van der Waals surface area contributed by atoms with Gasteiger partial charge in [-0.25, -0.2) is 0 Å². The Bertz CT molecular complexity index is 678. The number of rotatable bonds is 4. The van der Waals surface area contributed by atoms with Gasteiger partial charge in [0.1, 0.15) is 5.75 Å². The number of aromatic nitrogens is 1. The van der Waals surface area contributed by atoms with Crippen molar-refractivity contribution in [1.29, 1.82) is 0 Å². The zero-order valence-corrected chi connectivity index (χ0v) is 11.7. The van der Waals surface area contributed by atoms with Crippen LogP contribution in [0.5, 0.6) is 5.75 Å². The summed E-state index contributed by atoms with van der Waals surface area (Å²) in [6, 6.07) is 22.1. The maximum Gasteiger partial charge on any atom is 0.115 e. The summed E-state index contributed by atoms with van der Waals surface area (Å²) in [7, 11) is 0. The lowest BCUT2D eigenvalue weighted by Crippen LogP contribution is -2.05. The van der Waals surface area contributed by atoms with Gasteiger partial charge < -0.3 is 5.11 Å². The predicted molar refractivity (Wildman–Crippen MR) is 84.3 cm³/mol. The molecule has 3 rings (SSSR count). The zero-order chi connectivity index (χ0) is 14.5. The van der Waals surface area contributed by atoms with Crippen LogP contribution in [0.4, 0.5) is 0 Å². The van der Waals surface area contributed by atoms with E-state index in [9.17, 15) is 5.11 Å². The summed E-state index contributed by atoms with van der Waals surface area (Å²) >= 11 is 0. The highest BCUT2D eigenvalue weighted by atomic mass is 16.3. The third-order valence-electron chi connectivity index (χ3n) is 3.69. The van der Waals surface area contributed by atoms with Crippen LogP contribution in [0.3, 0.4) is 0 Å². The Balaban J connectivity index is 1.97. The molecule has 0 saturated carbocycles. The first kappa shape index (κ1) is 13.4. The molecule has 3 aromatic rings. The normalized spacial score (nSPS) is 12.0. The van der Waals surface area contributed by atoms with Gasteiger partial charge in [-0.05, 0) is 47.4 Å². The number of pyridine rings is 1. The fraction of sp³-hybridized carbons (Fsp3) is 0.105. The van der Waals surface area contributed by atoms with Crippen LogP contribution >= 0.6 is 0 Å². The number of hydrogen-bond donors (Lipinski definition) is 1. The predicted octanol–water partition coefficient (Wildman–Crippen LogP) is 4.16. The third kappa shape index (κ3) is 3.29. The Morgan fingerprint density at radius 3 is 2.05 bits per heavy atom. The maximum absolute atomic E-state index is 9.49. The summed E-state index contributed by atoms with van der Waals surface area (Å²) in [4.78, 5) is 4.08. The molecule has 0 amide bonds. The highest BCUT2D eigenvalue weighted by Gasteiger charge is 2.14. The maximum atomic E-state index is 9.49. The molecule has 0 aliphatic heterocycles. The number of phenolic OH excluding ortho intramolecular Hbond substituents is 1. The van der Waals surface area contributed by atoms with Gasteiger partial charge in [-0.15, -0.1) is 0 Å². The molecule has 0 aliphatic carbocycles. The molecule has 0 radical (unpaired) electrons. The Hall–Kier alpha value is -2.61. The van der Waals surface area contributed by atoms with E-state index in [0.29, 0.717) is 5.75 Å². The second-order valence-corrected chi connectivity index (χ2v) is 5.11. The van der Waals surface area contributed by atoms with E-state index in [1.807, 2.05) is 30.6 Å². The molecule has 0 saturated heterocycles. The molecule has 1 atom stereocenters. The quantitative estimate of drug-likeness (QED) is 0.775. The first-order valence-electron chi connectivity index (χ1n) is 7.06. The molecule has 2 aromatic carbocycles. The number of nitrogens with zero attached hydrogens (tertiary/aromatic N) is 1. The first-order chi connectivity index (χ1) is 10.3. The molecule has 0 unspecified atom stereocenters. The standard InChI is InChI=1S/C19H17NO/c21-18-8-6-17(7-9-18)19(16-4-2-1-3-5-16)14-15-10-12-20-13-11-15/h1-13,19,21H,14H2/t19-/m0/s1. The van der Waals surface area contributed by atoms with Crippen molar-refractivity contribution in [2.75, 3.05) is 0 Å². The minimum atomic E-state index is 0.272. The molecule has 2 heteroatoms. The van der Waals surface area contributed by atoms with Gasteiger partial charge in [0.05, 0.1) is 0 Å². The third-order valence-corrected chi connectivity index (χ3v) is 3.69. The number of phenols is 1. The van der Waals surface area contributed by atoms with Gasteiger partial charge in [-0.3, -0.25) is 4.98 Å². The second-order valence-electron chi connectivity index (χ2n) is 5.11. The SMILES string of the molecule is Oc1ccc([C@@H](Cc2ccncc2)c2ccccc2)cc1. The molecule has 1 heterocycles. The van der Waals surface area contributed by atoms with Crippen molar-refractivity contribution in [3.63, 3.8) is 0 Å². The van der Waals surface area contributed by atoms with Crippen LogP contribution in [0.1, 0.15) is 22.6 Å². The van der Waals surface area contributed by atoms with Gasteiger partial charge in [0, 0.05) is 18.3 Å². The van der Waals surface area contributed by atoms with Crippen molar-refractivity contribution in [3.05, 3.63) is 95.8 Å². The van der Waals surface area contributed by atoms with Gasteiger partial charge >= 0.3 is 0 Å². The van der Waals surface area contributed by atoms with Gasteiger partial charge in [-0.1, -0.05) is 42.5 Å². The van der Waals surface area contributed by atoms with Crippen LogP contribution in [0, 0.1) is 0 Å². The van der Waals surface area contributed by atoms with Crippen molar-refractivity contribution in [1.82, 2.24) is 4.98 Å². The summed E-state index contributed by atoms with van der Waals surface area (Å²) in [5.74, 6) is 0.573. The first-order valence-corrected chi connectivity index (χ1v) is 7.06. The van der Waals surface area contributed by atoms with Crippen molar-refractivity contribution >= 4 is 0 Å². The van der Waals surface area contributed by atoms with Crippen LogP contribution < -0.4 is 0 Å². The smallest absolute Gasteiger partial charge is 0.115 e. The van der Waals surface area contributed by atoms with E-state index < -0.39 is 0 Å². The van der Waals surface area contributed by atoms with Crippen LogP contribution in [0.25, 0.3) is 0 Å². The van der Waals surface area contributed by atoms with Crippen LogP contribution in [0.2, 0.25) is 0 Å². The topological polar surface area (TPSA) is 33.1 Å². The average Bonchev–Trinajstić information content (AvgIpc) is 2.55. The molecular formula is C19H17NO. The number of aromatic hydroxyl groups is 1. The van der Waals surface area contributed by atoms with Crippen molar-refractivity contribution in [2.45, 2.75) is 12.3 Å². The Kier molecular flexibility index (Phi) is 3.97. The van der Waals surface area contributed by atoms with Crippen molar-refractivity contribution in [3.8, 4) is 5.75 Å².